The van der Waals surface area contributed by atoms with Crippen LogP contribution in [-0.4, -0.2) is 27.8 Å². The quantitative estimate of drug-likeness (QED) is 0.512. The Morgan fingerprint density at radius 2 is 1.87 bits per heavy atom. The minimum atomic E-state index is -0.196. The van der Waals surface area contributed by atoms with Crippen LogP contribution in [0.1, 0.15) is 21.6 Å². The fourth-order valence-electron chi connectivity index (χ4n) is 3.19. The normalized spacial score (nSPS) is 10.6. The fourth-order valence-corrected chi connectivity index (χ4v) is 3.19. The van der Waals surface area contributed by atoms with Gasteiger partial charge in [0.25, 0.3) is 5.91 Å². The maximum atomic E-state index is 13.0. The van der Waals surface area contributed by atoms with E-state index in [1.165, 1.54) is 0 Å². The first-order valence-corrected chi connectivity index (χ1v) is 9.67. The first-order valence-electron chi connectivity index (χ1n) is 9.67. The highest BCUT2D eigenvalue weighted by Crippen LogP contribution is 2.26. The number of nitrogens with one attached hydrogen (secondary N) is 1. The zero-order valence-corrected chi connectivity index (χ0v) is 16.7. The highest BCUT2D eigenvalue weighted by atomic mass is 16.5. The lowest BCUT2D eigenvalue weighted by atomic mass is 10.1. The van der Waals surface area contributed by atoms with Crippen molar-refractivity contribution in [2.24, 2.45) is 0 Å². The van der Waals surface area contributed by atoms with Crippen molar-refractivity contribution in [2.45, 2.75) is 13.1 Å². The number of rotatable bonds is 7. The maximum absolute atomic E-state index is 13.0. The van der Waals surface area contributed by atoms with Crippen LogP contribution < -0.4 is 10.1 Å². The summed E-state index contributed by atoms with van der Waals surface area (Å²) in [5, 5.41) is 7.66. The van der Waals surface area contributed by atoms with Crippen LogP contribution in [0.15, 0.2) is 85.2 Å². The first-order chi connectivity index (χ1) is 14.7. The summed E-state index contributed by atoms with van der Waals surface area (Å²) in [7, 11) is 1.62. The molecule has 0 bridgehead atoms. The summed E-state index contributed by atoms with van der Waals surface area (Å²) in [6.45, 7) is 0.923. The molecule has 0 unspecified atom stereocenters. The van der Waals surface area contributed by atoms with Crippen molar-refractivity contribution in [3.8, 4) is 17.0 Å². The fraction of sp³-hybridized carbons (Fsp3) is 0.125. The van der Waals surface area contributed by atoms with E-state index in [-0.39, 0.29) is 5.91 Å². The molecule has 2 aromatic heterocycles. The van der Waals surface area contributed by atoms with Crippen molar-refractivity contribution in [3.63, 3.8) is 0 Å². The van der Waals surface area contributed by atoms with Gasteiger partial charge in [-0.2, -0.15) is 5.10 Å². The molecule has 4 rings (SSSR count). The minimum Gasteiger partial charge on any atom is -0.497 e. The monoisotopic (exact) mass is 398 g/mol. The summed E-state index contributed by atoms with van der Waals surface area (Å²) >= 11 is 0. The molecule has 0 aliphatic carbocycles. The summed E-state index contributed by atoms with van der Waals surface area (Å²) in [6.07, 6.45) is 3.50. The Morgan fingerprint density at radius 3 is 2.63 bits per heavy atom. The van der Waals surface area contributed by atoms with E-state index in [0.29, 0.717) is 30.1 Å². The lowest BCUT2D eigenvalue weighted by Gasteiger charge is -2.06. The second-order valence-corrected chi connectivity index (χ2v) is 6.81. The summed E-state index contributed by atoms with van der Waals surface area (Å²) < 4.78 is 7.13. The molecule has 0 aliphatic rings. The van der Waals surface area contributed by atoms with E-state index in [9.17, 15) is 4.79 Å². The van der Waals surface area contributed by atoms with E-state index >= 15 is 0 Å². The molecule has 0 fully saturated rings. The van der Waals surface area contributed by atoms with Gasteiger partial charge in [0, 0.05) is 18.0 Å². The minimum absolute atomic E-state index is 0.196. The molecule has 0 atom stereocenters. The predicted octanol–water partition coefficient (Wildman–Crippen LogP) is 3.93. The van der Waals surface area contributed by atoms with Gasteiger partial charge in [-0.1, -0.05) is 48.5 Å². The van der Waals surface area contributed by atoms with Gasteiger partial charge in [-0.15, -0.1) is 0 Å². The Morgan fingerprint density at radius 1 is 1.03 bits per heavy atom. The molecule has 6 nitrogen and oxygen atoms in total. The smallest absolute Gasteiger partial charge is 0.255 e. The van der Waals surface area contributed by atoms with Crippen molar-refractivity contribution in [1.29, 1.82) is 0 Å². The molecule has 2 heterocycles. The molecule has 0 radical (unpaired) electrons. The second kappa shape index (κ2) is 9.05. The van der Waals surface area contributed by atoms with Crippen molar-refractivity contribution in [2.75, 3.05) is 7.11 Å². The topological polar surface area (TPSA) is 69.0 Å². The number of carbonyl (C=O) groups is 1. The highest BCUT2D eigenvalue weighted by Gasteiger charge is 2.18. The van der Waals surface area contributed by atoms with Crippen molar-refractivity contribution >= 4 is 5.91 Å². The molecule has 0 aliphatic heterocycles. The second-order valence-electron chi connectivity index (χ2n) is 6.81. The zero-order valence-electron chi connectivity index (χ0n) is 16.7. The van der Waals surface area contributed by atoms with Crippen molar-refractivity contribution in [3.05, 3.63) is 102 Å². The molecule has 6 heteroatoms. The molecular formula is C24H22N4O2. The first kappa shape index (κ1) is 19.4. The van der Waals surface area contributed by atoms with Crippen LogP contribution in [-0.2, 0) is 13.1 Å². The molecule has 0 saturated heterocycles. The lowest BCUT2D eigenvalue weighted by molar-refractivity contribution is 0.0951. The van der Waals surface area contributed by atoms with Crippen molar-refractivity contribution in [1.82, 2.24) is 20.1 Å². The molecular weight excluding hydrogens is 376 g/mol. The zero-order chi connectivity index (χ0) is 20.8. The van der Waals surface area contributed by atoms with Crippen LogP contribution in [0.5, 0.6) is 5.75 Å². The largest absolute Gasteiger partial charge is 0.497 e. The highest BCUT2D eigenvalue weighted by molar-refractivity contribution is 5.99. The summed E-state index contributed by atoms with van der Waals surface area (Å²) in [4.78, 5) is 17.3. The Hall–Kier alpha value is -3.93. The van der Waals surface area contributed by atoms with Gasteiger partial charge < -0.3 is 10.1 Å². The van der Waals surface area contributed by atoms with Gasteiger partial charge in [0.1, 0.15) is 11.4 Å². The van der Waals surface area contributed by atoms with Crippen LogP contribution in [0, 0.1) is 0 Å². The number of pyridine rings is 1. The maximum Gasteiger partial charge on any atom is 0.255 e. The number of hydrogen-bond acceptors (Lipinski definition) is 4. The van der Waals surface area contributed by atoms with Crippen LogP contribution in [0.2, 0.25) is 0 Å². The third-order valence-electron chi connectivity index (χ3n) is 4.69. The Bertz CT molecular complexity index is 1120. The predicted molar refractivity (Wildman–Crippen MR) is 115 cm³/mol. The molecule has 0 spiro atoms. The molecule has 150 valence electrons. The van der Waals surface area contributed by atoms with E-state index < -0.39 is 0 Å². The van der Waals surface area contributed by atoms with E-state index in [2.05, 4.69) is 10.3 Å². The van der Waals surface area contributed by atoms with E-state index in [4.69, 9.17) is 9.84 Å². The van der Waals surface area contributed by atoms with Gasteiger partial charge in [0.05, 0.1) is 31.5 Å². The molecule has 1 N–H and O–H groups in total. The van der Waals surface area contributed by atoms with Gasteiger partial charge in [-0.25, -0.2) is 0 Å². The lowest BCUT2D eigenvalue weighted by Crippen LogP contribution is -2.23. The Balaban J connectivity index is 1.64. The van der Waals surface area contributed by atoms with E-state index in [1.54, 1.807) is 24.2 Å². The SMILES string of the molecule is COc1cccc(-c2nn(Cc3ccccc3)cc2C(=O)NCc2ccccn2)c1. The van der Waals surface area contributed by atoms with Gasteiger partial charge in [0.15, 0.2) is 0 Å². The van der Waals surface area contributed by atoms with Gasteiger partial charge in [0.2, 0.25) is 0 Å². The van der Waals surface area contributed by atoms with Gasteiger partial charge in [-0.05, 0) is 29.8 Å². The molecule has 30 heavy (non-hydrogen) atoms. The third kappa shape index (κ3) is 4.55. The average Bonchev–Trinajstić information content (AvgIpc) is 3.23. The van der Waals surface area contributed by atoms with E-state index in [0.717, 1.165) is 16.8 Å². The number of benzene rings is 2. The van der Waals surface area contributed by atoms with Crippen LogP contribution in [0.4, 0.5) is 0 Å². The number of nitrogens with zero attached hydrogens (tertiary/aromatic N) is 3. The average molecular weight is 398 g/mol. The van der Waals surface area contributed by atoms with Crippen molar-refractivity contribution < 1.29 is 9.53 Å². The molecule has 4 aromatic rings. The third-order valence-corrected chi connectivity index (χ3v) is 4.69. The standard InChI is InChI=1S/C24H22N4O2/c1-30-21-12-7-10-19(14-21)23-22(24(29)26-15-20-11-5-6-13-25-20)17-28(27-23)16-18-8-3-2-4-9-18/h2-14,17H,15-16H2,1H3,(H,26,29). The van der Waals surface area contributed by atoms with Crippen LogP contribution >= 0.6 is 0 Å². The van der Waals surface area contributed by atoms with Crippen LogP contribution in [0.3, 0.4) is 0 Å². The number of carbonyl (C=O) groups excluding carboxylic acids is 1. The Labute approximate surface area is 175 Å². The number of amides is 1. The van der Waals surface area contributed by atoms with E-state index in [1.807, 2.05) is 72.8 Å². The number of ether oxygens (including phenoxy) is 1. The number of hydrogen-bond donors (Lipinski definition) is 1. The van der Waals surface area contributed by atoms with Crippen LogP contribution in [0.25, 0.3) is 11.3 Å². The summed E-state index contributed by atoms with van der Waals surface area (Å²) in [6, 6.07) is 23.2. The van der Waals surface area contributed by atoms with Gasteiger partial charge in [-0.3, -0.25) is 14.5 Å². The number of aromatic nitrogens is 3. The summed E-state index contributed by atoms with van der Waals surface area (Å²) in [5.41, 5.74) is 3.85. The molecule has 1 amide bonds. The number of methoxy groups -OCH3 is 1. The molecule has 2 aromatic carbocycles. The molecule has 0 saturated carbocycles. The van der Waals surface area contributed by atoms with Gasteiger partial charge >= 0.3 is 0 Å². The summed E-state index contributed by atoms with van der Waals surface area (Å²) in [5.74, 6) is 0.516. The Kier molecular flexibility index (Phi) is 5.85.